The van der Waals surface area contributed by atoms with Crippen LogP contribution in [0, 0.1) is 17.4 Å². The second-order valence-electron chi connectivity index (χ2n) is 16.8. The van der Waals surface area contributed by atoms with Crippen LogP contribution in [0.4, 0.5) is 11.5 Å². The Balaban J connectivity index is 0.815. The van der Waals surface area contributed by atoms with Gasteiger partial charge in [-0.2, -0.15) is 0 Å². The van der Waals surface area contributed by atoms with Crippen molar-refractivity contribution < 1.29 is 33.5 Å². The van der Waals surface area contributed by atoms with Gasteiger partial charge in [0.25, 0.3) is 17.7 Å². The van der Waals surface area contributed by atoms with E-state index in [-0.39, 0.29) is 54.5 Å². The second kappa shape index (κ2) is 14.5. The van der Waals surface area contributed by atoms with E-state index in [0.717, 1.165) is 21.8 Å². The van der Waals surface area contributed by atoms with Gasteiger partial charge in [0.2, 0.25) is 23.4 Å². The molecule has 0 radical (unpaired) electrons. The predicted molar refractivity (Wildman–Crippen MR) is 211 cm³/mol. The number of hydrogen-bond donors (Lipinski definition) is 2. The summed E-state index contributed by atoms with van der Waals surface area (Å²) >= 11 is 6.24. The van der Waals surface area contributed by atoms with E-state index in [1.54, 1.807) is 47.5 Å². The topological polar surface area (TPSA) is 166 Å². The highest BCUT2D eigenvalue weighted by atomic mass is 35.5. The number of piperazine rings is 1. The average Bonchev–Trinajstić information content (AvgIpc) is 3.72. The van der Waals surface area contributed by atoms with Gasteiger partial charge in [0.15, 0.2) is 0 Å². The van der Waals surface area contributed by atoms with Crippen LogP contribution in [0.25, 0.3) is 4.85 Å². The number of fused-ring (bicyclic) bond motifs is 2. The second-order valence-corrected chi connectivity index (χ2v) is 17.2. The summed E-state index contributed by atoms with van der Waals surface area (Å²) in [7, 11) is 0. The Bertz CT molecular complexity index is 2250. The molecule has 300 valence electrons. The molecule has 6 amide bonds. The summed E-state index contributed by atoms with van der Waals surface area (Å²) in [6.07, 6.45) is 1.51. The Morgan fingerprint density at radius 1 is 0.948 bits per heavy atom. The fraction of sp³-hybridized carbons (Fsp3) is 0.429. The summed E-state index contributed by atoms with van der Waals surface area (Å²) in [6, 6.07) is 10.7. The molecule has 3 fully saturated rings. The summed E-state index contributed by atoms with van der Waals surface area (Å²) in [5, 5.41) is 5.75. The van der Waals surface area contributed by atoms with Crippen LogP contribution in [0.2, 0.25) is 5.02 Å². The Kier molecular flexibility index (Phi) is 9.76. The molecule has 3 aromatic rings. The van der Waals surface area contributed by atoms with Crippen LogP contribution in [-0.4, -0.2) is 106 Å². The van der Waals surface area contributed by atoms with E-state index in [9.17, 15) is 28.8 Å². The molecule has 1 aromatic heterocycles. The number of hydrogen-bond acceptors (Lipinski definition) is 10. The molecule has 2 N–H and O–H groups in total. The maximum absolute atomic E-state index is 13.4. The number of amides is 6. The minimum Gasteiger partial charge on any atom is -0.489 e. The zero-order valence-electron chi connectivity index (χ0n) is 32.6. The van der Waals surface area contributed by atoms with E-state index in [2.05, 4.69) is 58.0 Å². The van der Waals surface area contributed by atoms with Crippen LogP contribution >= 0.6 is 11.6 Å². The van der Waals surface area contributed by atoms with Crippen molar-refractivity contribution in [3.05, 3.63) is 92.9 Å². The van der Waals surface area contributed by atoms with Crippen molar-refractivity contribution in [2.75, 3.05) is 37.6 Å². The highest BCUT2D eigenvalue weighted by Gasteiger charge is 2.64. The van der Waals surface area contributed by atoms with E-state index in [1.807, 2.05) is 6.07 Å². The zero-order chi connectivity index (χ0) is 41.3. The number of imide groups is 2. The first-order valence-corrected chi connectivity index (χ1v) is 19.7. The number of carbonyl (C=O) groups excluding carboxylic acids is 6. The lowest BCUT2D eigenvalue weighted by atomic mass is 9.49. The third kappa shape index (κ3) is 6.73. The summed E-state index contributed by atoms with van der Waals surface area (Å²) in [4.78, 5) is 92.4. The molecule has 0 spiro atoms. The number of piperidine rings is 1. The summed E-state index contributed by atoms with van der Waals surface area (Å²) in [5.41, 5.74) is 2.00. The number of carbonyl (C=O) groups is 6. The molecular weight excluding hydrogens is 764 g/mol. The van der Waals surface area contributed by atoms with Gasteiger partial charge in [-0.25, -0.2) is 9.83 Å². The van der Waals surface area contributed by atoms with Crippen LogP contribution in [0.15, 0.2) is 48.7 Å². The van der Waals surface area contributed by atoms with Crippen LogP contribution in [0.5, 0.6) is 5.75 Å². The normalized spacial score (nSPS) is 23.4. The van der Waals surface area contributed by atoms with Crippen molar-refractivity contribution in [3.63, 3.8) is 0 Å². The first-order valence-electron chi connectivity index (χ1n) is 19.3. The molecule has 8 rings (SSSR count). The van der Waals surface area contributed by atoms with Crippen LogP contribution < -0.4 is 20.3 Å². The minimum atomic E-state index is -1.03. The summed E-state index contributed by atoms with van der Waals surface area (Å²) in [5.74, 6) is -1.18. The van der Waals surface area contributed by atoms with Crippen LogP contribution in [0.1, 0.15) is 82.7 Å². The van der Waals surface area contributed by atoms with E-state index in [1.165, 1.54) is 0 Å². The van der Waals surface area contributed by atoms with Gasteiger partial charge < -0.3 is 19.9 Å². The number of nitrogens with one attached hydrogen (secondary N) is 2. The molecule has 58 heavy (non-hydrogen) atoms. The number of halogens is 1. The highest BCUT2D eigenvalue weighted by Crippen LogP contribution is 2.55. The third-order valence-corrected chi connectivity index (χ3v) is 12.6. The molecule has 1 aliphatic carbocycles. The van der Waals surface area contributed by atoms with E-state index in [0.29, 0.717) is 61.3 Å². The molecule has 5 aliphatic rings. The monoisotopic (exact) mass is 806 g/mol. The SMILES string of the molecule is [C-]#[N+]c1ccc(OC2C(C)(C)C(NC(=O)c3ccc(N4CCN(CC(=O)N5Cc6cc7c(cc6C5)C(=O)N(C5CCC(=O)NC5=O)C7=O)CC4)nc3)C2(C)C)cc1Cl. The molecule has 2 aromatic carbocycles. The fourth-order valence-electron chi connectivity index (χ4n) is 9.48. The van der Waals surface area contributed by atoms with Gasteiger partial charge in [-0.15, -0.1) is 0 Å². The van der Waals surface area contributed by atoms with Gasteiger partial charge in [0.05, 0.1) is 34.8 Å². The lowest BCUT2D eigenvalue weighted by Crippen LogP contribution is -2.74. The Labute approximate surface area is 340 Å². The number of aromatic nitrogens is 1. The maximum atomic E-state index is 13.4. The standard InChI is InChI=1S/C42H43ClN8O7/c1-41(2)39(42(3,4)40(41)58-26-7-8-30(44-5)29(43)18-26)47-35(54)23-6-10-32(45-19-23)49-14-12-48(13-15-49)22-34(53)50-20-24-16-27-28(17-25(24)21-50)38(57)51(37(27)56)31-9-11-33(52)46-36(31)55/h6-8,10,16-19,31,39-40H,9,11-15,20-22H2,1-4H3,(H,47,54)(H,46,52,55). The third-order valence-electron chi connectivity index (χ3n) is 12.3. The summed E-state index contributed by atoms with van der Waals surface area (Å²) < 4.78 is 6.35. The highest BCUT2D eigenvalue weighted by molar-refractivity contribution is 6.33. The average molecular weight is 807 g/mol. The maximum Gasteiger partial charge on any atom is 0.262 e. The lowest BCUT2D eigenvalue weighted by Gasteiger charge is -2.63. The first kappa shape index (κ1) is 39.0. The first-order chi connectivity index (χ1) is 27.6. The number of pyridine rings is 1. The molecule has 4 aliphatic heterocycles. The van der Waals surface area contributed by atoms with E-state index in [4.69, 9.17) is 22.9 Å². The fourth-order valence-corrected chi connectivity index (χ4v) is 9.69. The Morgan fingerprint density at radius 3 is 2.17 bits per heavy atom. The molecule has 0 bridgehead atoms. The Hall–Kier alpha value is -5.85. The van der Waals surface area contributed by atoms with Gasteiger partial charge in [-0.3, -0.25) is 43.9 Å². The Morgan fingerprint density at radius 2 is 1.60 bits per heavy atom. The van der Waals surface area contributed by atoms with Crippen molar-refractivity contribution in [2.24, 2.45) is 10.8 Å². The van der Waals surface area contributed by atoms with Gasteiger partial charge in [0.1, 0.15) is 23.7 Å². The molecule has 5 heterocycles. The molecule has 16 heteroatoms. The molecule has 1 unspecified atom stereocenters. The molecular formula is C42H43ClN8O7. The summed E-state index contributed by atoms with van der Waals surface area (Å²) in [6.45, 7) is 18.8. The van der Waals surface area contributed by atoms with Crippen molar-refractivity contribution in [2.45, 2.75) is 71.8 Å². The lowest BCUT2D eigenvalue weighted by molar-refractivity contribution is -0.164. The van der Waals surface area contributed by atoms with Crippen LogP contribution in [0.3, 0.4) is 0 Å². The van der Waals surface area contributed by atoms with E-state index < -0.39 is 40.5 Å². The van der Waals surface area contributed by atoms with Gasteiger partial charge >= 0.3 is 0 Å². The number of nitrogens with zero attached hydrogens (tertiary/aromatic N) is 6. The van der Waals surface area contributed by atoms with Crippen molar-refractivity contribution >= 4 is 58.5 Å². The van der Waals surface area contributed by atoms with Crippen molar-refractivity contribution in [1.29, 1.82) is 0 Å². The van der Waals surface area contributed by atoms with Gasteiger partial charge in [0, 0.05) is 68.8 Å². The molecule has 1 saturated carbocycles. The largest absolute Gasteiger partial charge is 0.489 e. The van der Waals surface area contributed by atoms with Crippen molar-refractivity contribution in [1.82, 2.24) is 30.3 Å². The van der Waals surface area contributed by atoms with Gasteiger partial charge in [-0.1, -0.05) is 45.4 Å². The number of benzene rings is 2. The predicted octanol–water partition coefficient (Wildman–Crippen LogP) is 3.96. The smallest absolute Gasteiger partial charge is 0.262 e. The number of rotatable bonds is 8. The molecule has 2 saturated heterocycles. The number of ether oxygens (including phenoxy) is 1. The minimum absolute atomic E-state index is 0.0509. The van der Waals surface area contributed by atoms with E-state index >= 15 is 0 Å². The quantitative estimate of drug-likeness (QED) is 0.252. The zero-order valence-corrected chi connectivity index (χ0v) is 33.4. The van der Waals surface area contributed by atoms with Crippen LogP contribution in [-0.2, 0) is 27.5 Å². The molecule has 1 atom stereocenters. The van der Waals surface area contributed by atoms with Gasteiger partial charge in [-0.05, 0) is 53.9 Å². The molecule has 15 nitrogen and oxygen atoms in total. The van der Waals surface area contributed by atoms with Crippen molar-refractivity contribution in [3.8, 4) is 5.75 Å². The number of anilines is 1.